The highest BCUT2D eigenvalue weighted by Crippen LogP contribution is 2.40. The van der Waals surface area contributed by atoms with E-state index in [-0.39, 0.29) is 17.3 Å². The lowest BCUT2D eigenvalue weighted by Crippen LogP contribution is -2.28. The van der Waals surface area contributed by atoms with E-state index in [1.165, 1.54) is 5.01 Å². The molecular weight excluding hydrogens is 485 g/mol. The number of fused-ring (bicyclic) bond motifs is 1. The molecule has 0 spiro atoms. The van der Waals surface area contributed by atoms with E-state index in [1.807, 2.05) is 60.7 Å². The molecule has 1 aromatic heterocycles. The number of hydrazone groups is 1. The van der Waals surface area contributed by atoms with E-state index in [1.54, 1.807) is 19.2 Å². The van der Waals surface area contributed by atoms with Gasteiger partial charge in [0.25, 0.3) is 11.5 Å². The number of benzene rings is 3. The highest BCUT2D eigenvalue weighted by Gasteiger charge is 2.36. The van der Waals surface area contributed by atoms with Gasteiger partial charge in [0.15, 0.2) is 0 Å². The largest absolute Gasteiger partial charge is 0.496 e. The van der Waals surface area contributed by atoms with E-state index in [0.717, 1.165) is 16.5 Å². The van der Waals surface area contributed by atoms with Crippen molar-refractivity contribution in [2.75, 3.05) is 13.0 Å². The Morgan fingerprint density at radius 1 is 1.09 bits per heavy atom. The number of aromatic nitrogens is 1. The molecule has 0 aliphatic carbocycles. The summed E-state index contributed by atoms with van der Waals surface area (Å²) in [7, 11) is 1.58. The SMILES string of the molecule is COc1ccccc1[C@@H]1CC(c2c(-c3ccccc3)c3cc(Cl)ccc3[nH]c2=O)=NN1C(=O)CCl. The van der Waals surface area contributed by atoms with E-state index in [2.05, 4.69) is 10.1 Å². The number of hydrogen-bond acceptors (Lipinski definition) is 4. The van der Waals surface area contributed by atoms with Crippen molar-refractivity contribution in [3.63, 3.8) is 0 Å². The standard InChI is InChI=1S/C27H21Cl2N3O3/c1-35-23-10-6-5-9-18(23)22-14-21(31-32(22)24(33)15-28)26-25(16-7-3-2-4-8-16)19-13-17(29)11-12-20(19)30-27(26)34/h2-13,22H,14-15H2,1H3,(H,30,34)/t22-/m0/s1. The summed E-state index contributed by atoms with van der Waals surface area (Å²) in [5.41, 5.74) is 3.60. The van der Waals surface area contributed by atoms with Gasteiger partial charge in [-0.1, -0.05) is 60.1 Å². The van der Waals surface area contributed by atoms with Crippen LogP contribution in [-0.4, -0.2) is 34.6 Å². The van der Waals surface area contributed by atoms with Crippen molar-refractivity contribution in [3.05, 3.63) is 99.3 Å². The number of pyridine rings is 1. The first-order chi connectivity index (χ1) is 17.0. The summed E-state index contributed by atoms with van der Waals surface area (Å²) >= 11 is 12.3. The number of amides is 1. The Hall–Kier alpha value is -3.61. The Balaban J connectivity index is 1.75. The van der Waals surface area contributed by atoms with Crippen LogP contribution in [0.2, 0.25) is 5.02 Å². The lowest BCUT2D eigenvalue weighted by Gasteiger charge is -2.22. The van der Waals surface area contributed by atoms with E-state index < -0.39 is 6.04 Å². The minimum Gasteiger partial charge on any atom is -0.496 e. The van der Waals surface area contributed by atoms with Gasteiger partial charge in [-0.2, -0.15) is 5.10 Å². The van der Waals surface area contributed by atoms with Crippen LogP contribution >= 0.6 is 23.2 Å². The molecule has 0 saturated heterocycles. The predicted octanol–water partition coefficient (Wildman–Crippen LogP) is 5.77. The molecule has 3 aromatic carbocycles. The number of carbonyl (C=O) groups is 1. The molecule has 0 fully saturated rings. The van der Waals surface area contributed by atoms with Gasteiger partial charge in [0.05, 0.1) is 24.4 Å². The normalized spacial score (nSPS) is 15.3. The van der Waals surface area contributed by atoms with Gasteiger partial charge in [0.2, 0.25) is 0 Å². The third kappa shape index (κ3) is 4.20. The van der Waals surface area contributed by atoms with Gasteiger partial charge in [-0.3, -0.25) is 9.59 Å². The maximum atomic E-state index is 13.5. The molecule has 5 rings (SSSR count). The molecule has 0 unspecified atom stereocenters. The van der Waals surface area contributed by atoms with Crippen molar-refractivity contribution in [1.29, 1.82) is 0 Å². The molecule has 1 aliphatic rings. The first kappa shape index (κ1) is 23.1. The van der Waals surface area contributed by atoms with Crippen LogP contribution in [0, 0.1) is 0 Å². The number of rotatable bonds is 5. The van der Waals surface area contributed by atoms with Crippen molar-refractivity contribution < 1.29 is 9.53 Å². The number of carbonyl (C=O) groups excluding carboxylic acids is 1. The Labute approximate surface area is 211 Å². The molecule has 0 radical (unpaired) electrons. The van der Waals surface area contributed by atoms with Crippen LogP contribution in [-0.2, 0) is 4.79 Å². The van der Waals surface area contributed by atoms with Crippen LogP contribution in [0.5, 0.6) is 5.75 Å². The molecule has 1 N–H and O–H groups in total. The number of aromatic amines is 1. The third-order valence-electron chi connectivity index (χ3n) is 6.11. The van der Waals surface area contributed by atoms with E-state index in [4.69, 9.17) is 27.9 Å². The topological polar surface area (TPSA) is 74.8 Å². The van der Waals surface area contributed by atoms with E-state index >= 15 is 0 Å². The van der Waals surface area contributed by atoms with E-state index in [9.17, 15) is 9.59 Å². The van der Waals surface area contributed by atoms with Crippen molar-refractivity contribution in [1.82, 2.24) is 9.99 Å². The van der Waals surface area contributed by atoms with Crippen LogP contribution in [0.15, 0.2) is 82.7 Å². The molecule has 1 atom stereocenters. The molecule has 0 bridgehead atoms. The maximum absolute atomic E-state index is 13.5. The number of ether oxygens (including phenoxy) is 1. The molecule has 6 nitrogen and oxygen atoms in total. The fraction of sp³-hybridized carbons (Fsp3) is 0.148. The minimum absolute atomic E-state index is 0.238. The zero-order chi connectivity index (χ0) is 24.5. The summed E-state index contributed by atoms with van der Waals surface area (Å²) in [6.07, 6.45) is 0.317. The Kier molecular flexibility index (Phi) is 6.32. The van der Waals surface area contributed by atoms with Crippen LogP contribution in [0.3, 0.4) is 0 Å². The molecule has 1 amide bonds. The number of methoxy groups -OCH3 is 1. The fourth-order valence-electron chi connectivity index (χ4n) is 4.58. The highest BCUT2D eigenvalue weighted by molar-refractivity contribution is 6.31. The number of alkyl halides is 1. The van der Waals surface area contributed by atoms with Gasteiger partial charge in [0.1, 0.15) is 11.6 Å². The second-order valence-electron chi connectivity index (χ2n) is 8.14. The number of hydrogen-bond donors (Lipinski definition) is 1. The first-order valence-corrected chi connectivity index (χ1v) is 11.9. The zero-order valence-corrected chi connectivity index (χ0v) is 20.3. The zero-order valence-electron chi connectivity index (χ0n) is 18.8. The summed E-state index contributed by atoms with van der Waals surface area (Å²) in [4.78, 5) is 29.3. The lowest BCUT2D eigenvalue weighted by atomic mass is 9.91. The van der Waals surface area contributed by atoms with Crippen LogP contribution in [0.4, 0.5) is 0 Å². The molecule has 0 saturated carbocycles. The summed E-state index contributed by atoms with van der Waals surface area (Å²) in [6, 6.07) is 21.9. The molecule has 1 aliphatic heterocycles. The van der Waals surface area contributed by atoms with Gasteiger partial charge >= 0.3 is 0 Å². The van der Waals surface area contributed by atoms with Gasteiger partial charge in [-0.05, 0) is 29.8 Å². The van der Waals surface area contributed by atoms with Gasteiger partial charge in [-0.25, -0.2) is 5.01 Å². The Bertz CT molecular complexity index is 1520. The van der Waals surface area contributed by atoms with Crippen molar-refractivity contribution in [3.8, 4) is 16.9 Å². The smallest absolute Gasteiger partial charge is 0.258 e. The van der Waals surface area contributed by atoms with Gasteiger partial charge < -0.3 is 9.72 Å². The average Bonchev–Trinajstić information content (AvgIpc) is 3.33. The van der Waals surface area contributed by atoms with Crippen molar-refractivity contribution >= 4 is 45.7 Å². The fourth-order valence-corrected chi connectivity index (χ4v) is 4.88. The number of para-hydroxylation sites is 1. The molecule has 35 heavy (non-hydrogen) atoms. The maximum Gasteiger partial charge on any atom is 0.258 e. The molecule has 176 valence electrons. The number of halogens is 2. The number of nitrogens with one attached hydrogen (secondary N) is 1. The van der Waals surface area contributed by atoms with Gasteiger partial charge in [-0.15, -0.1) is 11.6 Å². The predicted molar refractivity (Wildman–Crippen MR) is 139 cm³/mol. The molecule has 8 heteroatoms. The first-order valence-electron chi connectivity index (χ1n) is 11.0. The van der Waals surface area contributed by atoms with Crippen molar-refractivity contribution in [2.24, 2.45) is 5.10 Å². The quantitative estimate of drug-likeness (QED) is 0.349. The summed E-state index contributed by atoms with van der Waals surface area (Å²) in [5.74, 6) is 0.0281. The molecular formula is C27H21Cl2N3O3. The summed E-state index contributed by atoms with van der Waals surface area (Å²) in [6.45, 7) is 0. The summed E-state index contributed by atoms with van der Waals surface area (Å²) < 4.78 is 5.54. The number of nitrogens with zero attached hydrogens (tertiary/aromatic N) is 2. The Morgan fingerprint density at radius 2 is 1.83 bits per heavy atom. The lowest BCUT2D eigenvalue weighted by molar-refractivity contribution is -0.130. The van der Waals surface area contributed by atoms with Crippen LogP contribution in [0.1, 0.15) is 23.6 Å². The monoisotopic (exact) mass is 505 g/mol. The molecule has 4 aromatic rings. The molecule has 2 heterocycles. The highest BCUT2D eigenvalue weighted by atomic mass is 35.5. The van der Waals surface area contributed by atoms with Crippen LogP contribution in [0.25, 0.3) is 22.0 Å². The van der Waals surface area contributed by atoms with Gasteiger partial charge in [0, 0.05) is 33.5 Å². The van der Waals surface area contributed by atoms with E-state index in [0.29, 0.717) is 39.5 Å². The van der Waals surface area contributed by atoms with Crippen LogP contribution < -0.4 is 10.3 Å². The number of H-pyrrole nitrogens is 1. The Morgan fingerprint density at radius 3 is 2.57 bits per heavy atom. The second kappa shape index (κ2) is 9.56. The second-order valence-corrected chi connectivity index (χ2v) is 8.84. The van der Waals surface area contributed by atoms with Crippen molar-refractivity contribution in [2.45, 2.75) is 12.5 Å². The third-order valence-corrected chi connectivity index (χ3v) is 6.57. The summed E-state index contributed by atoms with van der Waals surface area (Å²) in [5, 5.41) is 7.34. The minimum atomic E-state index is -0.467. The average molecular weight is 506 g/mol.